The van der Waals surface area contributed by atoms with Gasteiger partial charge in [0.15, 0.2) is 0 Å². The Morgan fingerprint density at radius 2 is 1.74 bits per heavy atom. The molecule has 2 saturated heterocycles. The van der Waals surface area contributed by atoms with Crippen molar-refractivity contribution >= 4 is 29.3 Å². The zero-order chi connectivity index (χ0) is 19.2. The summed E-state index contributed by atoms with van der Waals surface area (Å²) >= 11 is 0. The van der Waals surface area contributed by atoms with Gasteiger partial charge >= 0.3 is 0 Å². The van der Waals surface area contributed by atoms with E-state index in [0.717, 1.165) is 25.7 Å². The van der Waals surface area contributed by atoms with E-state index in [1.165, 1.54) is 4.90 Å². The van der Waals surface area contributed by atoms with E-state index in [4.69, 9.17) is 0 Å². The number of amides is 4. The maximum atomic E-state index is 12.3. The molecule has 1 aromatic carbocycles. The molecule has 0 bridgehead atoms. The molecule has 0 spiro atoms. The minimum atomic E-state index is -0.473. The van der Waals surface area contributed by atoms with Gasteiger partial charge in [-0.2, -0.15) is 0 Å². The molecule has 0 saturated carbocycles. The molecule has 0 aromatic heterocycles. The third kappa shape index (κ3) is 4.84. The summed E-state index contributed by atoms with van der Waals surface area (Å²) < 4.78 is 0. The molecule has 0 unspecified atom stereocenters. The van der Waals surface area contributed by atoms with Gasteiger partial charge in [-0.3, -0.25) is 30.0 Å². The highest BCUT2D eigenvalue weighted by Gasteiger charge is 2.23. The fourth-order valence-electron chi connectivity index (χ4n) is 3.35. The third-order valence-corrected chi connectivity index (χ3v) is 4.81. The average molecular weight is 372 g/mol. The lowest BCUT2D eigenvalue weighted by Gasteiger charge is -2.20. The van der Waals surface area contributed by atoms with Crippen LogP contribution in [-0.4, -0.2) is 48.2 Å². The summed E-state index contributed by atoms with van der Waals surface area (Å²) in [6, 6.07) is 6.73. The molecule has 4 amide bonds. The van der Waals surface area contributed by atoms with E-state index in [0.29, 0.717) is 37.2 Å². The van der Waals surface area contributed by atoms with Crippen LogP contribution in [0, 0.1) is 0 Å². The first kappa shape index (κ1) is 18.9. The highest BCUT2D eigenvalue weighted by atomic mass is 16.2. The molecule has 2 heterocycles. The van der Waals surface area contributed by atoms with Gasteiger partial charge in [0.2, 0.25) is 11.8 Å². The fourth-order valence-corrected chi connectivity index (χ4v) is 3.35. The number of nitrogens with one attached hydrogen (secondary N) is 2. The van der Waals surface area contributed by atoms with Gasteiger partial charge in [0, 0.05) is 37.2 Å². The monoisotopic (exact) mass is 372 g/mol. The Kier molecular flexibility index (Phi) is 6.05. The van der Waals surface area contributed by atoms with Crippen LogP contribution in [0.1, 0.15) is 48.9 Å². The molecule has 8 heteroatoms. The summed E-state index contributed by atoms with van der Waals surface area (Å²) in [6.45, 7) is 1.14. The minimum Gasteiger partial charge on any atom is -0.333 e. The van der Waals surface area contributed by atoms with Gasteiger partial charge in [0.1, 0.15) is 6.54 Å². The molecule has 27 heavy (non-hydrogen) atoms. The van der Waals surface area contributed by atoms with E-state index in [-0.39, 0.29) is 18.4 Å². The van der Waals surface area contributed by atoms with Crippen molar-refractivity contribution < 1.29 is 19.2 Å². The Hall–Kier alpha value is -2.90. The van der Waals surface area contributed by atoms with Crippen LogP contribution in [0.2, 0.25) is 0 Å². The van der Waals surface area contributed by atoms with Crippen LogP contribution in [0.15, 0.2) is 24.3 Å². The first-order valence-corrected chi connectivity index (χ1v) is 9.32. The van der Waals surface area contributed by atoms with Crippen molar-refractivity contribution in [3.05, 3.63) is 29.8 Å². The molecule has 8 nitrogen and oxygen atoms in total. The molecule has 0 aliphatic carbocycles. The van der Waals surface area contributed by atoms with Crippen molar-refractivity contribution in [2.75, 3.05) is 24.5 Å². The van der Waals surface area contributed by atoms with E-state index in [1.54, 1.807) is 29.2 Å². The second-order valence-corrected chi connectivity index (χ2v) is 6.83. The van der Waals surface area contributed by atoms with Gasteiger partial charge in [0.05, 0.1) is 0 Å². The smallest absolute Gasteiger partial charge is 0.269 e. The van der Waals surface area contributed by atoms with Crippen molar-refractivity contribution in [3.63, 3.8) is 0 Å². The first-order valence-electron chi connectivity index (χ1n) is 9.32. The molecular weight excluding hydrogens is 348 g/mol. The standard InChI is InChI=1S/C19H24N4O4/c24-16(13-22-10-3-1-2-8-17(22)25)20-21-19(27)14-6-4-7-15(12-14)23-11-5-9-18(23)26/h4,6-7,12H,1-3,5,8-11,13H2,(H,20,24)(H,21,27). The number of benzene rings is 1. The predicted octanol–water partition coefficient (Wildman–Crippen LogP) is 0.977. The average Bonchev–Trinajstić information content (AvgIpc) is 3.00. The quantitative estimate of drug-likeness (QED) is 0.770. The van der Waals surface area contributed by atoms with Crippen LogP contribution < -0.4 is 15.8 Å². The zero-order valence-corrected chi connectivity index (χ0v) is 15.2. The Labute approximate surface area is 157 Å². The number of carbonyl (C=O) groups is 4. The summed E-state index contributed by atoms with van der Waals surface area (Å²) in [6.07, 6.45) is 4.50. The number of nitrogens with zero attached hydrogens (tertiary/aromatic N) is 2. The molecular formula is C19H24N4O4. The van der Waals surface area contributed by atoms with Gasteiger partial charge in [-0.1, -0.05) is 12.5 Å². The molecule has 2 N–H and O–H groups in total. The van der Waals surface area contributed by atoms with Crippen LogP contribution in [0.25, 0.3) is 0 Å². The van der Waals surface area contributed by atoms with Crippen molar-refractivity contribution in [2.45, 2.75) is 38.5 Å². The lowest BCUT2D eigenvalue weighted by molar-refractivity contribution is -0.135. The van der Waals surface area contributed by atoms with E-state index in [2.05, 4.69) is 10.9 Å². The van der Waals surface area contributed by atoms with Crippen molar-refractivity contribution in [3.8, 4) is 0 Å². The SMILES string of the molecule is O=C(CN1CCCCCC1=O)NNC(=O)c1cccc(N2CCCC2=O)c1. The number of hydrazine groups is 1. The van der Waals surface area contributed by atoms with E-state index >= 15 is 0 Å². The van der Waals surface area contributed by atoms with Crippen LogP contribution in [0.5, 0.6) is 0 Å². The summed E-state index contributed by atoms with van der Waals surface area (Å²) in [5.41, 5.74) is 5.74. The van der Waals surface area contributed by atoms with Crippen molar-refractivity contribution in [1.29, 1.82) is 0 Å². The molecule has 1 aromatic rings. The van der Waals surface area contributed by atoms with Crippen molar-refractivity contribution in [1.82, 2.24) is 15.8 Å². The van der Waals surface area contributed by atoms with Crippen LogP contribution >= 0.6 is 0 Å². The summed E-state index contributed by atoms with van der Waals surface area (Å²) in [7, 11) is 0. The largest absolute Gasteiger partial charge is 0.333 e. The normalized spacial score (nSPS) is 17.6. The summed E-state index contributed by atoms with van der Waals surface area (Å²) in [5, 5.41) is 0. The Balaban J connectivity index is 1.53. The maximum absolute atomic E-state index is 12.3. The highest BCUT2D eigenvalue weighted by Crippen LogP contribution is 2.22. The molecule has 144 valence electrons. The highest BCUT2D eigenvalue weighted by molar-refractivity contribution is 5.99. The maximum Gasteiger partial charge on any atom is 0.269 e. The minimum absolute atomic E-state index is 0.0306. The summed E-state index contributed by atoms with van der Waals surface area (Å²) in [5.74, 6) is -0.900. The Morgan fingerprint density at radius 3 is 2.52 bits per heavy atom. The Bertz CT molecular complexity index is 749. The molecule has 3 rings (SSSR count). The first-order chi connectivity index (χ1) is 13.0. The number of hydrogen-bond acceptors (Lipinski definition) is 4. The third-order valence-electron chi connectivity index (χ3n) is 4.81. The van der Waals surface area contributed by atoms with Gasteiger partial charge < -0.3 is 9.80 Å². The molecule has 0 radical (unpaired) electrons. The van der Waals surface area contributed by atoms with E-state index < -0.39 is 11.8 Å². The number of anilines is 1. The van der Waals surface area contributed by atoms with Crippen LogP contribution in [0.4, 0.5) is 5.69 Å². The Morgan fingerprint density at radius 1 is 0.926 bits per heavy atom. The molecule has 2 fully saturated rings. The fraction of sp³-hybridized carbons (Fsp3) is 0.474. The number of rotatable bonds is 4. The lowest BCUT2D eigenvalue weighted by atomic mass is 10.2. The molecule has 0 atom stereocenters. The molecule has 2 aliphatic heterocycles. The van der Waals surface area contributed by atoms with E-state index in [9.17, 15) is 19.2 Å². The zero-order valence-electron chi connectivity index (χ0n) is 15.2. The number of likely N-dealkylation sites (tertiary alicyclic amines) is 1. The van der Waals surface area contributed by atoms with Gasteiger partial charge in [-0.25, -0.2) is 0 Å². The number of carbonyl (C=O) groups excluding carboxylic acids is 4. The second kappa shape index (κ2) is 8.66. The van der Waals surface area contributed by atoms with Gasteiger partial charge in [-0.15, -0.1) is 0 Å². The second-order valence-electron chi connectivity index (χ2n) is 6.83. The van der Waals surface area contributed by atoms with Crippen molar-refractivity contribution in [2.24, 2.45) is 0 Å². The van der Waals surface area contributed by atoms with Crippen LogP contribution in [0.3, 0.4) is 0 Å². The summed E-state index contributed by atoms with van der Waals surface area (Å²) in [4.78, 5) is 51.3. The van der Waals surface area contributed by atoms with Crippen LogP contribution in [-0.2, 0) is 14.4 Å². The van der Waals surface area contributed by atoms with Gasteiger partial charge in [-0.05, 0) is 37.5 Å². The lowest BCUT2D eigenvalue weighted by Crippen LogP contribution is -2.47. The molecule has 2 aliphatic rings. The van der Waals surface area contributed by atoms with E-state index in [1.807, 2.05) is 0 Å². The number of hydrogen-bond donors (Lipinski definition) is 2. The predicted molar refractivity (Wildman–Crippen MR) is 98.7 cm³/mol. The van der Waals surface area contributed by atoms with Gasteiger partial charge in [0.25, 0.3) is 11.8 Å². The topological polar surface area (TPSA) is 98.8 Å².